The molecule has 1 aromatic carbocycles. The monoisotopic (exact) mass is 519 g/mol. The van der Waals surface area contributed by atoms with Crippen LogP contribution < -0.4 is 15.4 Å². The molecule has 2 N–H and O–H groups in total. The van der Waals surface area contributed by atoms with Crippen LogP contribution in [0.15, 0.2) is 48.9 Å². The zero-order valence-electron chi connectivity index (χ0n) is 19.3. The fourth-order valence-electron chi connectivity index (χ4n) is 3.95. The van der Waals surface area contributed by atoms with E-state index in [1.54, 1.807) is 37.6 Å². The summed E-state index contributed by atoms with van der Waals surface area (Å²) >= 11 is 5.92. The number of aromatic nitrogens is 4. The Labute approximate surface area is 208 Å². The normalized spacial score (nSPS) is 18.7. The lowest BCUT2D eigenvalue weighted by Gasteiger charge is -2.38. The zero-order chi connectivity index (χ0) is 25.0. The van der Waals surface area contributed by atoms with Crippen molar-refractivity contribution in [2.75, 3.05) is 31.8 Å². The SMILES string of the molecule is COc1ccc([C@@H]2CN(Cc3ncn(S(C)(=O)=O)n3)CC[C@H]2NC(=O)Nc2ccc(Cl)cc2)nc1. The number of urea groups is 1. The number of piperidine rings is 1. The molecule has 1 fully saturated rings. The van der Waals surface area contributed by atoms with Gasteiger partial charge in [0.25, 0.3) is 10.0 Å². The van der Waals surface area contributed by atoms with E-state index < -0.39 is 10.0 Å². The topological polar surface area (TPSA) is 131 Å². The second-order valence-corrected chi connectivity index (χ2v) is 10.5. The number of hydrogen-bond donors (Lipinski definition) is 2. The first-order valence-corrected chi connectivity index (χ1v) is 13.1. The Kier molecular flexibility index (Phi) is 7.53. The van der Waals surface area contributed by atoms with Crippen LogP contribution in [0.3, 0.4) is 0 Å². The molecule has 186 valence electrons. The maximum Gasteiger partial charge on any atom is 0.319 e. The molecule has 35 heavy (non-hydrogen) atoms. The van der Waals surface area contributed by atoms with E-state index >= 15 is 0 Å². The van der Waals surface area contributed by atoms with E-state index in [2.05, 4.69) is 30.6 Å². The summed E-state index contributed by atoms with van der Waals surface area (Å²) in [5, 5.41) is 10.6. The summed E-state index contributed by atoms with van der Waals surface area (Å²) in [6, 6.07) is 10.1. The molecule has 0 bridgehead atoms. The molecule has 1 aliphatic heterocycles. The van der Waals surface area contributed by atoms with E-state index in [-0.39, 0.29) is 18.0 Å². The largest absolute Gasteiger partial charge is 0.495 e. The molecule has 3 heterocycles. The highest BCUT2D eigenvalue weighted by molar-refractivity contribution is 7.89. The van der Waals surface area contributed by atoms with Crippen LogP contribution in [0.1, 0.15) is 23.9 Å². The Hall–Kier alpha value is -3.22. The van der Waals surface area contributed by atoms with Gasteiger partial charge in [-0.05, 0) is 42.8 Å². The number of pyridine rings is 1. The number of nitrogens with zero attached hydrogens (tertiary/aromatic N) is 5. The maximum absolute atomic E-state index is 12.7. The second kappa shape index (κ2) is 10.6. The van der Waals surface area contributed by atoms with E-state index in [1.165, 1.54) is 6.33 Å². The first-order valence-electron chi connectivity index (χ1n) is 10.9. The molecule has 13 heteroatoms. The average molecular weight is 520 g/mol. The molecule has 4 rings (SSSR count). The summed E-state index contributed by atoms with van der Waals surface area (Å²) in [5.74, 6) is 0.924. The first kappa shape index (κ1) is 24.9. The molecule has 0 unspecified atom stereocenters. The molecule has 2 amide bonds. The smallest absolute Gasteiger partial charge is 0.319 e. The van der Waals surface area contributed by atoms with Crippen molar-refractivity contribution in [2.24, 2.45) is 0 Å². The van der Waals surface area contributed by atoms with Crippen molar-refractivity contribution in [3.8, 4) is 5.75 Å². The van der Waals surface area contributed by atoms with Crippen LogP contribution >= 0.6 is 11.6 Å². The van der Waals surface area contributed by atoms with Gasteiger partial charge in [0.2, 0.25) is 0 Å². The number of halogens is 1. The number of carbonyl (C=O) groups is 1. The van der Waals surface area contributed by atoms with Crippen LogP contribution in [-0.2, 0) is 16.6 Å². The number of nitrogens with one attached hydrogen (secondary N) is 2. The average Bonchev–Trinajstić information content (AvgIpc) is 3.31. The lowest BCUT2D eigenvalue weighted by Crippen LogP contribution is -2.50. The van der Waals surface area contributed by atoms with E-state index in [0.29, 0.717) is 48.3 Å². The van der Waals surface area contributed by atoms with Crippen LogP contribution in [0.2, 0.25) is 5.02 Å². The van der Waals surface area contributed by atoms with Crippen LogP contribution in [0.4, 0.5) is 10.5 Å². The fraction of sp³-hybridized carbons (Fsp3) is 0.364. The minimum atomic E-state index is -3.49. The molecule has 0 saturated carbocycles. The number of anilines is 1. The van der Waals surface area contributed by atoms with Gasteiger partial charge in [0, 0.05) is 41.5 Å². The van der Waals surface area contributed by atoms with E-state index in [0.717, 1.165) is 16.0 Å². The van der Waals surface area contributed by atoms with Crippen molar-refractivity contribution in [3.63, 3.8) is 0 Å². The van der Waals surface area contributed by atoms with Gasteiger partial charge in [0.1, 0.15) is 12.1 Å². The Balaban J connectivity index is 1.48. The number of likely N-dealkylation sites (tertiary alicyclic amines) is 1. The standard InChI is InChI=1S/C22H26ClN7O4S/c1-34-17-7-8-19(24-11-17)18-12-29(13-21-25-14-30(28-21)35(2,32)33)10-9-20(18)27-22(31)26-16-5-3-15(23)4-6-16/h3-8,11,14,18,20H,9-10,12-13H2,1-2H3,(H2,26,27,31)/t18-,20+/m0/s1. The number of amides is 2. The van der Waals surface area contributed by atoms with Crippen molar-refractivity contribution in [1.29, 1.82) is 0 Å². The number of hydrogen-bond acceptors (Lipinski definition) is 8. The molecule has 1 saturated heterocycles. The zero-order valence-corrected chi connectivity index (χ0v) is 20.8. The molecule has 11 nitrogen and oxygen atoms in total. The van der Waals surface area contributed by atoms with Crippen LogP contribution in [-0.4, -0.2) is 71.0 Å². The van der Waals surface area contributed by atoms with Crippen molar-refractivity contribution in [2.45, 2.75) is 24.9 Å². The quantitative estimate of drug-likeness (QED) is 0.486. The van der Waals surface area contributed by atoms with Crippen LogP contribution in [0, 0.1) is 0 Å². The summed E-state index contributed by atoms with van der Waals surface area (Å²) < 4.78 is 29.5. The Bertz CT molecular complexity index is 1270. The predicted molar refractivity (Wildman–Crippen MR) is 131 cm³/mol. The van der Waals surface area contributed by atoms with Gasteiger partial charge in [0.05, 0.1) is 26.1 Å². The lowest BCUT2D eigenvalue weighted by atomic mass is 9.88. The maximum atomic E-state index is 12.7. The summed E-state index contributed by atoms with van der Waals surface area (Å²) in [4.78, 5) is 23.5. The fourth-order valence-corrected chi connectivity index (χ4v) is 4.54. The van der Waals surface area contributed by atoms with Gasteiger partial charge in [-0.15, -0.1) is 9.19 Å². The summed E-state index contributed by atoms with van der Waals surface area (Å²) in [5.41, 5.74) is 1.44. The minimum absolute atomic E-state index is 0.123. The molecule has 0 spiro atoms. The number of methoxy groups -OCH3 is 1. The molecule has 2 atom stereocenters. The molecular formula is C22H26ClN7O4S. The van der Waals surface area contributed by atoms with Crippen molar-refractivity contribution >= 4 is 33.3 Å². The summed E-state index contributed by atoms with van der Waals surface area (Å²) in [6.07, 6.45) is 4.57. The van der Waals surface area contributed by atoms with Gasteiger partial charge < -0.3 is 15.4 Å². The summed E-state index contributed by atoms with van der Waals surface area (Å²) in [7, 11) is -1.92. The predicted octanol–water partition coefficient (Wildman–Crippen LogP) is 2.32. The number of benzene rings is 1. The van der Waals surface area contributed by atoms with Gasteiger partial charge in [-0.2, -0.15) is 0 Å². The van der Waals surface area contributed by atoms with Gasteiger partial charge in [-0.1, -0.05) is 11.6 Å². The molecule has 3 aromatic rings. The second-order valence-electron chi connectivity index (χ2n) is 8.26. The van der Waals surface area contributed by atoms with E-state index in [9.17, 15) is 13.2 Å². The third-order valence-corrected chi connectivity index (χ3v) is 6.82. The van der Waals surface area contributed by atoms with E-state index in [1.807, 2.05) is 12.1 Å². The lowest BCUT2D eigenvalue weighted by molar-refractivity contribution is 0.164. The third kappa shape index (κ3) is 6.47. The molecule has 1 aliphatic rings. The van der Waals surface area contributed by atoms with Crippen molar-refractivity contribution in [3.05, 3.63) is 65.5 Å². The highest BCUT2D eigenvalue weighted by Gasteiger charge is 2.33. The molecule has 2 aromatic heterocycles. The minimum Gasteiger partial charge on any atom is -0.495 e. The van der Waals surface area contributed by atoms with Crippen molar-refractivity contribution < 1.29 is 17.9 Å². The Morgan fingerprint density at radius 1 is 1.20 bits per heavy atom. The number of carbonyl (C=O) groups excluding carboxylic acids is 1. The summed E-state index contributed by atoms with van der Waals surface area (Å²) in [6.45, 7) is 1.60. The Morgan fingerprint density at radius 2 is 1.97 bits per heavy atom. The van der Waals surface area contributed by atoms with Crippen LogP contribution in [0.25, 0.3) is 0 Å². The highest BCUT2D eigenvalue weighted by Crippen LogP contribution is 2.28. The third-order valence-electron chi connectivity index (χ3n) is 5.71. The molecule has 0 radical (unpaired) electrons. The molecule has 0 aliphatic carbocycles. The van der Waals surface area contributed by atoms with E-state index in [4.69, 9.17) is 16.3 Å². The van der Waals surface area contributed by atoms with Gasteiger partial charge >= 0.3 is 6.03 Å². The Morgan fingerprint density at radius 3 is 2.60 bits per heavy atom. The van der Waals surface area contributed by atoms with Crippen LogP contribution in [0.5, 0.6) is 5.75 Å². The molecular weight excluding hydrogens is 494 g/mol. The van der Waals surface area contributed by atoms with Gasteiger partial charge in [0.15, 0.2) is 5.82 Å². The number of rotatable bonds is 7. The first-order chi connectivity index (χ1) is 16.7. The van der Waals surface area contributed by atoms with Gasteiger partial charge in [-0.3, -0.25) is 9.88 Å². The number of ether oxygens (including phenoxy) is 1. The van der Waals surface area contributed by atoms with Gasteiger partial charge in [-0.25, -0.2) is 18.2 Å². The highest BCUT2D eigenvalue weighted by atomic mass is 35.5. The van der Waals surface area contributed by atoms with Crippen molar-refractivity contribution in [1.82, 2.24) is 29.4 Å².